The van der Waals surface area contributed by atoms with Crippen LogP contribution in [0.1, 0.15) is 22.3 Å². The average molecular weight is 789 g/mol. The molecule has 0 N–H and O–H groups in total. The maximum absolute atomic E-state index is 5.28. The molecule has 0 radical (unpaired) electrons. The topological polar surface area (TPSA) is 43.6 Å². The normalized spacial score (nSPS) is 13.0. The maximum Gasteiger partial charge on any atom is 0.238 e. The molecule has 0 saturated heterocycles. The van der Waals surface area contributed by atoms with Crippen LogP contribution in [0.5, 0.6) is 0 Å². The summed E-state index contributed by atoms with van der Waals surface area (Å²) < 4.78 is 2.25. The first-order valence-electron chi connectivity index (χ1n) is 21.2. The Balaban J connectivity index is 1.07. The zero-order valence-electron chi connectivity index (χ0n) is 33.6. The van der Waals surface area contributed by atoms with Crippen molar-refractivity contribution in [2.45, 2.75) is 5.41 Å². The van der Waals surface area contributed by atoms with Gasteiger partial charge in [0.05, 0.1) is 16.4 Å². The van der Waals surface area contributed by atoms with Crippen LogP contribution in [0.3, 0.4) is 0 Å². The highest BCUT2D eigenvalue weighted by atomic mass is 15.2. The third-order valence-electron chi connectivity index (χ3n) is 13.1. The molecule has 0 fully saturated rings. The van der Waals surface area contributed by atoms with Gasteiger partial charge < -0.3 is 0 Å². The van der Waals surface area contributed by atoms with Crippen LogP contribution in [0, 0.1) is 0 Å². The molecule has 4 nitrogen and oxygen atoms in total. The summed E-state index contributed by atoms with van der Waals surface area (Å²) in [6.45, 7) is 0. The number of aromatic nitrogens is 4. The van der Waals surface area contributed by atoms with Crippen LogP contribution in [0.15, 0.2) is 218 Å². The highest BCUT2D eigenvalue weighted by molar-refractivity contribution is 6.11. The molecule has 0 bridgehead atoms. The van der Waals surface area contributed by atoms with Gasteiger partial charge in [-0.1, -0.05) is 200 Å². The van der Waals surface area contributed by atoms with E-state index in [2.05, 4.69) is 187 Å². The Morgan fingerprint density at radius 2 is 0.677 bits per heavy atom. The van der Waals surface area contributed by atoms with Gasteiger partial charge in [-0.15, -0.1) is 0 Å². The van der Waals surface area contributed by atoms with Crippen LogP contribution in [-0.4, -0.2) is 19.5 Å². The first-order valence-corrected chi connectivity index (χ1v) is 21.2. The number of fused-ring (bicyclic) bond motifs is 13. The van der Waals surface area contributed by atoms with E-state index in [9.17, 15) is 0 Å². The molecule has 9 aromatic carbocycles. The summed E-state index contributed by atoms with van der Waals surface area (Å²) in [6, 6.07) is 78.7. The fourth-order valence-corrected chi connectivity index (χ4v) is 10.4. The van der Waals surface area contributed by atoms with Crippen molar-refractivity contribution in [3.63, 3.8) is 0 Å². The third-order valence-corrected chi connectivity index (χ3v) is 13.1. The molecule has 0 amide bonds. The van der Waals surface area contributed by atoms with Crippen LogP contribution >= 0.6 is 0 Å². The lowest BCUT2D eigenvalue weighted by Crippen LogP contribution is -2.25. The van der Waals surface area contributed by atoms with Gasteiger partial charge >= 0.3 is 0 Å². The predicted molar refractivity (Wildman–Crippen MR) is 252 cm³/mol. The molecule has 4 heteroatoms. The molecule has 0 saturated carbocycles. The Hall–Kier alpha value is -8.21. The van der Waals surface area contributed by atoms with Crippen LogP contribution < -0.4 is 0 Å². The Morgan fingerprint density at radius 3 is 1.18 bits per heavy atom. The first-order chi connectivity index (χ1) is 30.7. The second-order valence-electron chi connectivity index (χ2n) is 16.3. The lowest BCUT2D eigenvalue weighted by atomic mass is 9.70. The zero-order chi connectivity index (χ0) is 40.8. The minimum absolute atomic E-state index is 0.422. The summed E-state index contributed by atoms with van der Waals surface area (Å²) in [5, 5.41) is 2.27. The van der Waals surface area contributed by atoms with Crippen LogP contribution in [0.25, 0.3) is 95.0 Å². The summed E-state index contributed by atoms with van der Waals surface area (Å²) in [7, 11) is 0. The number of hydrogen-bond acceptors (Lipinski definition) is 3. The summed E-state index contributed by atoms with van der Waals surface area (Å²) >= 11 is 0. The summed E-state index contributed by atoms with van der Waals surface area (Å²) in [6.07, 6.45) is 0. The summed E-state index contributed by atoms with van der Waals surface area (Å²) in [5.41, 5.74) is 18.6. The van der Waals surface area contributed by atoms with E-state index in [1.165, 1.54) is 44.5 Å². The Kier molecular flexibility index (Phi) is 7.49. The monoisotopic (exact) mass is 788 g/mol. The Morgan fingerprint density at radius 1 is 0.290 bits per heavy atom. The van der Waals surface area contributed by atoms with Crippen LogP contribution in [0.4, 0.5) is 0 Å². The van der Waals surface area contributed by atoms with Crippen molar-refractivity contribution in [3.8, 4) is 73.2 Å². The first kappa shape index (κ1) is 34.6. The minimum atomic E-state index is -0.422. The van der Waals surface area contributed by atoms with E-state index >= 15 is 0 Å². The molecular formula is C58H36N4. The number of hydrogen-bond donors (Lipinski definition) is 0. The molecule has 1 spiro atoms. The van der Waals surface area contributed by atoms with Crippen molar-refractivity contribution in [2.24, 2.45) is 0 Å². The summed E-state index contributed by atoms with van der Waals surface area (Å²) in [5.74, 6) is 1.82. The quantitative estimate of drug-likeness (QED) is 0.174. The van der Waals surface area contributed by atoms with Gasteiger partial charge in [0.2, 0.25) is 5.95 Å². The smallest absolute Gasteiger partial charge is 0.238 e. The van der Waals surface area contributed by atoms with E-state index in [1.54, 1.807) is 0 Å². The molecule has 2 aliphatic carbocycles. The molecular weight excluding hydrogens is 753 g/mol. The van der Waals surface area contributed by atoms with E-state index in [1.807, 2.05) is 36.4 Å². The number of nitrogens with zero attached hydrogens (tertiary/aromatic N) is 4. The Labute approximate surface area is 359 Å². The Bertz CT molecular complexity index is 3450. The van der Waals surface area contributed by atoms with Crippen molar-refractivity contribution < 1.29 is 0 Å². The van der Waals surface area contributed by atoms with Crippen LogP contribution in [-0.2, 0) is 5.41 Å². The van der Waals surface area contributed by atoms with E-state index in [-0.39, 0.29) is 0 Å². The lowest BCUT2D eigenvalue weighted by Gasteiger charge is -2.30. The molecule has 0 unspecified atom stereocenters. The zero-order valence-corrected chi connectivity index (χ0v) is 33.6. The van der Waals surface area contributed by atoms with Crippen molar-refractivity contribution in [2.75, 3.05) is 0 Å². The third kappa shape index (κ3) is 4.98. The number of benzene rings is 9. The molecule has 13 rings (SSSR count). The molecule has 2 heterocycles. The van der Waals surface area contributed by atoms with Gasteiger partial charge in [-0.05, 0) is 85.0 Å². The highest BCUT2D eigenvalue weighted by Crippen LogP contribution is 2.63. The van der Waals surface area contributed by atoms with Gasteiger partial charge in [-0.25, -0.2) is 4.98 Å². The van der Waals surface area contributed by atoms with E-state index in [4.69, 9.17) is 15.0 Å². The molecule has 0 aliphatic heterocycles. The maximum atomic E-state index is 5.28. The van der Waals surface area contributed by atoms with Gasteiger partial charge in [0.15, 0.2) is 11.6 Å². The highest BCUT2D eigenvalue weighted by Gasteiger charge is 2.51. The molecule has 11 aromatic rings. The molecule has 2 aliphatic rings. The summed E-state index contributed by atoms with van der Waals surface area (Å²) in [4.78, 5) is 15.6. The SMILES string of the molecule is c1ccc(-c2ccc3c4ccc(-c5ccc6c(c5)C5(c7ccccc7-c7ccccc75)c5ccccc5-6)cc4n(-c4nc(-c5ccccc5)nc(-c5ccccc5)n4)c3c2)cc1. The fourth-order valence-electron chi connectivity index (χ4n) is 10.4. The second kappa shape index (κ2) is 13.4. The van der Waals surface area contributed by atoms with E-state index in [0.717, 1.165) is 55.2 Å². The minimum Gasteiger partial charge on any atom is -0.278 e. The largest absolute Gasteiger partial charge is 0.278 e. The van der Waals surface area contributed by atoms with Crippen molar-refractivity contribution in [1.29, 1.82) is 0 Å². The van der Waals surface area contributed by atoms with Crippen molar-refractivity contribution >= 4 is 21.8 Å². The van der Waals surface area contributed by atoms with Crippen molar-refractivity contribution in [1.82, 2.24) is 19.5 Å². The van der Waals surface area contributed by atoms with E-state index in [0.29, 0.717) is 17.6 Å². The van der Waals surface area contributed by atoms with Crippen LogP contribution in [0.2, 0.25) is 0 Å². The molecule has 0 atom stereocenters. The number of rotatable bonds is 5. The second-order valence-corrected chi connectivity index (χ2v) is 16.3. The molecule has 62 heavy (non-hydrogen) atoms. The molecule has 2 aromatic heterocycles. The van der Waals surface area contributed by atoms with Gasteiger partial charge in [-0.3, -0.25) is 4.57 Å². The van der Waals surface area contributed by atoms with Gasteiger partial charge in [0, 0.05) is 21.9 Å². The van der Waals surface area contributed by atoms with Gasteiger partial charge in [-0.2, -0.15) is 9.97 Å². The predicted octanol–water partition coefficient (Wildman–Crippen LogP) is 14.0. The standard InChI is InChI=1S/C58H36N4/c1-4-16-37(17-5-1)41-29-32-47-48-33-30-42(36-54(48)62(53(47)35-41)57-60-55(38-18-6-2-7-19-38)59-56(61-57)39-20-8-3-9-21-39)40-28-31-46-45-24-12-15-27-51(45)58(52(46)34-40)49-25-13-10-22-43(49)44-23-11-14-26-50(44)58/h1-36H. The van der Waals surface area contributed by atoms with Gasteiger partial charge in [0.25, 0.3) is 0 Å². The molecule has 288 valence electrons. The fraction of sp³-hybridized carbons (Fsp3) is 0.0172. The van der Waals surface area contributed by atoms with E-state index < -0.39 is 5.41 Å². The van der Waals surface area contributed by atoms with Crippen molar-refractivity contribution in [3.05, 3.63) is 241 Å². The van der Waals surface area contributed by atoms with Gasteiger partial charge in [0.1, 0.15) is 0 Å². The lowest BCUT2D eigenvalue weighted by molar-refractivity contribution is 0.794. The average Bonchev–Trinajstić information content (AvgIpc) is 3.95.